The maximum absolute atomic E-state index is 11.5. The number of hydrogen-bond acceptors (Lipinski definition) is 5. The van der Waals surface area contributed by atoms with Gasteiger partial charge in [0, 0.05) is 12.6 Å². The summed E-state index contributed by atoms with van der Waals surface area (Å²) < 4.78 is 29.6. The summed E-state index contributed by atoms with van der Waals surface area (Å²) in [4.78, 5) is 13.5. The topological polar surface area (TPSA) is 75.7 Å². The van der Waals surface area contributed by atoms with E-state index in [1.807, 2.05) is 4.90 Å². The Hall–Kier alpha value is -0.660. The highest BCUT2D eigenvalue weighted by molar-refractivity contribution is 7.88. The van der Waals surface area contributed by atoms with Crippen molar-refractivity contribution in [3.63, 3.8) is 0 Å². The van der Waals surface area contributed by atoms with Crippen LogP contribution in [0.3, 0.4) is 0 Å². The summed E-state index contributed by atoms with van der Waals surface area (Å²) in [5.41, 5.74) is 0. The summed E-state index contributed by atoms with van der Waals surface area (Å²) in [7, 11) is -3.18. The largest absolute Gasteiger partial charge is 0.465 e. The van der Waals surface area contributed by atoms with Crippen molar-refractivity contribution in [3.8, 4) is 0 Å². The number of nitrogens with one attached hydrogen (secondary N) is 1. The van der Waals surface area contributed by atoms with Crippen molar-refractivity contribution in [3.05, 3.63) is 0 Å². The number of nitrogens with zero attached hydrogens (tertiary/aromatic N) is 1. The second-order valence-electron chi connectivity index (χ2n) is 4.55. The number of carbonyl (C=O) groups excluding carboxylic acids is 1. The SMILES string of the molecule is CCOC(=O)CN1CCCC[C@H]1CNS(C)(=O)=O. The van der Waals surface area contributed by atoms with Crippen molar-refractivity contribution in [2.24, 2.45) is 0 Å². The summed E-state index contributed by atoms with van der Waals surface area (Å²) >= 11 is 0. The van der Waals surface area contributed by atoms with Gasteiger partial charge in [-0.05, 0) is 26.3 Å². The minimum Gasteiger partial charge on any atom is -0.465 e. The Morgan fingerprint density at radius 1 is 1.44 bits per heavy atom. The Kier molecular flexibility index (Phi) is 6.04. The molecule has 0 bridgehead atoms. The van der Waals surface area contributed by atoms with Crippen LogP contribution in [0.15, 0.2) is 0 Å². The fraction of sp³-hybridized carbons (Fsp3) is 0.909. The van der Waals surface area contributed by atoms with Gasteiger partial charge in [-0.3, -0.25) is 9.69 Å². The lowest BCUT2D eigenvalue weighted by Crippen LogP contribution is -2.48. The van der Waals surface area contributed by atoms with Gasteiger partial charge in [0.1, 0.15) is 0 Å². The molecule has 1 atom stereocenters. The van der Waals surface area contributed by atoms with Gasteiger partial charge in [0.2, 0.25) is 10.0 Å². The van der Waals surface area contributed by atoms with E-state index < -0.39 is 10.0 Å². The molecule has 1 aliphatic heterocycles. The molecule has 0 saturated carbocycles. The number of hydrogen-bond donors (Lipinski definition) is 1. The Balaban J connectivity index is 2.49. The molecule has 0 spiro atoms. The van der Waals surface area contributed by atoms with Crippen molar-refractivity contribution >= 4 is 16.0 Å². The van der Waals surface area contributed by atoms with Crippen LogP contribution in [-0.2, 0) is 19.6 Å². The smallest absolute Gasteiger partial charge is 0.320 e. The van der Waals surface area contributed by atoms with Gasteiger partial charge >= 0.3 is 5.97 Å². The summed E-state index contributed by atoms with van der Waals surface area (Å²) in [6, 6.07) is 0.0814. The minimum atomic E-state index is -3.18. The van der Waals surface area contributed by atoms with E-state index in [2.05, 4.69) is 4.72 Å². The molecular weight excluding hydrogens is 256 g/mol. The van der Waals surface area contributed by atoms with Crippen molar-refractivity contribution < 1.29 is 17.9 Å². The van der Waals surface area contributed by atoms with Gasteiger partial charge < -0.3 is 4.74 Å². The predicted octanol–water partition coefficient (Wildman–Crippen LogP) is -0.0468. The average molecular weight is 278 g/mol. The monoisotopic (exact) mass is 278 g/mol. The molecular formula is C11H22N2O4S. The van der Waals surface area contributed by atoms with E-state index >= 15 is 0 Å². The van der Waals surface area contributed by atoms with Gasteiger partial charge in [-0.2, -0.15) is 0 Å². The number of rotatable bonds is 6. The molecule has 6 nitrogen and oxygen atoms in total. The first-order valence-electron chi connectivity index (χ1n) is 6.26. The second-order valence-corrected chi connectivity index (χ2v) is 6.38. The highest BCUT2D eigenvalue weighted by Gasteiger charge is 2.25. The van der Waals surface area contributed by atoms with E-state index in [0.717, 1.165) is 32.1 Å². The minimum absolute atomic E-state index is 0.0814. The zero-order chi connectivity index (χ0) is 13.6. The molecule has 1 rings (SSSR count). The van der Waals surface area contributed by atoms with Crippen LogP contribution in [0.1, 0.15) is 26.2 Å². The van der Waals surface area contributed by atoms with Crippen LogP contribution in [0.4, 0.5) is 0 Å². The van der Waals surface area contributed by atoms with E-state index in [0.29, 0.717) is 13.2 Å². The normalized spacial score (nSPS) is 21.8. The van der Waals surface area contributed by atoms with Crippen LogP contribution in [0.25, 0.3) is 0 Å². The lowest BCUT2D eigenvalue weighted by atomic mass is 10.0. The zero-order valence-corrected chi connectivity index (χ0v) is 11.8. The van der Waals surface area contributed by atoms with Crippen molar-refractivity contribution in [1.82, 2.24) is 9.62 Å². The lowest BCUT2D eigenvalue weighted by Gasteiger charge is -2.34. The molecule has 7 heteroatoms. The molecule has 1 saturated heterocycles. The molecule has 0 unspecified atom stereocenters. The van der Waals surface area contributed by atoms with Gasteiger partial charge in [-0.25, -0.2) is 13.1 Å². The van der Waals surface area contributed by atoms with Crippen molar-refractivity contribution in [2.75, 3.05) is 32.5 Å². The number of esters is 1. The number of sulfonamides is 1. The first-order valence-corrected chi connectivity index (χ1v) is 8.16. The molecule has 0 aliphatic carbocycles. The molecule has 106 valence electrons. The molecule has 1 fully saturated rings. The highest BCUT2D eigenvalue weighted by atomic mass is 32.2. The zero-order valence-electron chi connectivity index (χ0n) is 11.0. The van der Waals surface area contributed by atoms with Crippen LogP contribution < -0.4 is 4.72 Å². The maximum atomic E-state index is 11.5. The van der Waals surface area contributed by atoms with Crippen LogP contribution in [0.5, 0.6) is 0 Å². The number of likely N-dealkylation sites (tertiary alicyclic amines) is 1. The molecule has 1 aliphatic rings. The van der Waals surface area contributed by atoms with Crippen LogP contribution >= 0.6 is 0 Å². The summed E-state index contributed by atoms with van der Waals surface area (Å²) in [5, 5.41) is 0. The van der Waals surface area contributed by atoms with Crippen molar-refractivity contribution in [2.45, 2.75) is 32.2 Å². The number of piperidine rings is 1. The Bertz CT molecular complexity index is 369. The molecule has 0 aromatic heterocycles. The van der Waals surface area contributed by atoms with Crippen molar-refractivity contribution in [1.29, 1.82) is 0 Å². The molecule has 0 aromatic carbocycles. The molecule has 0 aromatic rings. The van der Waals surface area contributed by atoms with Crippen LogP contribution in [0, 0.1) is 0 Å². The standard InChI is InChI=1S/C11H22N2O4S/c1-3-17-11(14)9-13-7-5-4-6-10(13)8-12-18(2,15)16/h10,12H,3-9H2,1-2H3/t10-/m0/s1. The maximum Gasteiger partial charge on any atom is 0.320 e. The molecule has 1 N–H and O–H groups in total. The number of ether oxygens (including phenoxy) is 1. The average Bonchev–Trinajstić information content (AvgIpc) is 2.27. The fourth-order valence-electron chi connectivity index (χ4n) is 2.12. The molecule has 1 heterocycles. The van der Waals surface area contributed by atoms with Gasteiger partial charge in [0.15, 0.2) is 0 Å². The van der Waals surface area contributed by atoms with Gasteiger partial charge in [0.05, 0.1) is 19.4 Å². The van der Waals surface area contributed by atoms with Gasteiger partial charge in [-0.15, -0.1) is 0 Å². The highest BCUT2D eigenvalue weighted by Crippen LogP contribution is 2.16. The quantitative estimate of drug-likeness (QED) is 0.690. The van der Waals surface area contributed by atoms with Crippen LogP contribution in [-0.4, -0.2) is 57.8 Å². The third-order valence-corrected chi connectivity index (χ3v) is 3.66. The first kappa shape index (κ1) is 15.4. The predicted molar refractivity (Wildman–Crippen MR) is 68.7 cm³/mol. The van der Waals surface area contributed by atoms with Gasteiger partial charge in [0.25, 0.3) is 0 Å². The third-order valence-electron chi connectivity index (χ3n) is 2.97. The van der Waals surface area contributed by atoms with E-state index in [-0.39, 0.29) is 18.6 Å². The van der Waals surface area contributed by atoms with Crippen LogP contribution in [0.2, 0.25) is 0 Å². The van der Waals surface area contributed by atoms with Gasteiger partial charge in [-0.1, -0.05) is 6.42 Å². The summed E-state index contributed by atoms with van der Waals surface area (Å²) in [6.07, 6.45) is 4.15. The number of carbonyl (C=O) groups is 1. The van der Waals surface area contributed by atoms with E-state index in [1.54, 1.807) is 6.92 Å². The molecule has 0 amide bonds. The van der Waals surface area contributed by atoms with E-state index in [4.69, 9.17) is 4.74 Å². The Morgan fingerprint density at radius 3 is 2.78 bits per heavy atom. The lowest BCUT2D eigenvalue weighted by molar-refractivity contribution is -0.145. The Labute approximate surface area is 109 Å². The molecule has 0 radical (unpaired) electrons. The third kappa shape index (κ3) is 5.79. The summed E-state index contributed by atoms with van der Waals surface area (Å²) in [5.74, 6) is -0.247. The van der Waals surface area contributed by atoms with E-state index in [9.17, 15) is 13.2 Å². The first-order chi connectivity index (χ1) is 8.42. The molecule has 18 heavy (non-hydrogen) atoms. The summed E-state index contributed by atoms with van der Waals surface area (Å²) in [6.45, 7) is 3.56. The Morgan fingerprint density at radius 2 is 2.17 bits per heavy atom. The second kappa shape index (κ2) is 7.06. The fourth-order valence-corrected chi connectivity index (χ4v) is 2.61. The van der Waals surface area contributed by atoms with E-state index in [1.165, 1.54) is 0 Å².